The summed E-state index contributed by atoms with van der Waals surface area (Å²) in [5.41, 5.74) is 0.807. The van der Waals surface area contributed by atoms with Crippen molar-refractivity contribution in [1.29, 1.82) is 0 Å². The van der Waals surface area contributed by atoms with Crippen LogP contribution >= 0.6 is 0 Å². The molecular formula is C19H26FNO. The summed E-state index contributed by atoms with van der Waals surface area (Å²) in [6, 6.07) is 7.04. The zero-order valence-corrected chi connectivity index (χ0v) is 13.3. The number of aryl methyl sites for hydroxylation is 1. The lowest BCUT2D eigenvalue weighted by molar-refractivity contribution is -0.137. The molecule has 120 valence electrons. The first-order valence-corrected chi connectivity index (χ1v) is 8.76. The number of halogens is 1. The van der Waals surface area contributed by atoms with Crippen LogP contribution in [0.1, 0.15) is 50.5 Å². The van der Waals surface area contributed by atoms with Gasteiger partial charge in [0, 0.05) is 19.0 Å². The van der Waals surface area contributed by atoms with Gasteiger partial charge in [0.2, 0.25) is 5.91 Å². The lowest BCUT2D eigenvalue weighted by Crippen LogP contribution is -2.42. The molecule has 0 aromatic heterocycles. The van der Waals surface area contributed by atoms with Gasteiger partial charge in [-0.15, -0.1) is 0 Å². The molecule has 1 atom stereocenters. The Hall–Kier alpha value is -1.38. The molecule has 2 fully saturated rings. The van der Waals surface area contributed by atoms with Crippen LogP contribution in [-0.2, 0) is 11.2 Å². The third-order valence-electron chi connectivity index (χ3n) is 5.31. The van der Waals surface area contributed by atoms with E-state index in [2.05, 4.69) is 4.90 Å². The van der Waals surface area contributed by atoms with E-state index < -0.39 is 0 Å². The Labute approximate surface area is 132 Å². The molecule has 22 heavy (non-hydrogen) atoms. The number of carbonyl (C=O) groups excluding carboxylic acids is 1. The summed E-state index contributed by atoms with van der Waals surface area (Å²) < 4.78 is 13.7. The SMILES string of the molecule is O=C(C1CCCC1)N1CCC[C@@H](CCc2ccccc2F)C1. The van der Waals surface area contributed by atoms with Gasteiger partial charge in [-0.2, -0.15) is 0 Å². The fourth-order valence-electron chi connectivity index (χ4n) is 3.99. The predicted molar refractivity (Wildman–Crippen MR) is 86.0 cm³/mol. The molecule has 1 amide bonds. The van der Waals surface area contributed by atoms with Crippen molar-refractivity contribution in [3.05, 3.63) is 35.6 Å². The largest absolute Gasteiger partial charge is 0.342 e. The van der Waals surface area contributed by atoms with E-state index >= 15 is 0 Å². The molecule has 2 nitrogen and oxygen atoms in total. The number of nitrogens with zero attached hydrogens (tertiary/aromatic N) is 1. The summed E-state index contributed by atoms with van der Waals surface area (Å²) in [4.78, 5) is 14.6. The molecule has 1 aliphatic heterocycles. The maximum absolute atomic E-state index is 13.7. The van der Waals surface area contributed by atoms with Crippen LogP contribution in [0.2, 0.25) is 0 Å². The highest BCUT2D eigenvalue weighted by Crippen LogP contribution is 2.29. The van der Waals surface area contributed by atoms with Crippen molar-refractivity contribution in [2.45, 2.75) is 51.4 Å². The van der Waals surface area contributed by atoms with Crippen LogP contribution in [0.4, 0.5) is 4.39 Å². The van der Waals surface area contributed by atoms with E-state index in [1.54, 1.807) is 6.07 Å². The van der Waals surface area contributed by atoms with Gasteiger partial charge in [0.15, 0.2) is 0 Å². The first-order chi connectivity index (χ1) is 10.7. The van der Waals surface area contributed by atoms with Crippen molar-refractivity contribution in [2.75, 3.05) is 13.1 Å². The van der Waals surface area contributed by atoms with E-state index in [-0.39, 0.29) is 11.7 Å². The maximum atomic E-state index is 13.7. The number of carbonyl (C=O) groups is 1. The number of hydrogen-bond acceptors (Lipinski definition) is 1. The van der Waals surface area contributed by atoms with Gasteiger partial charge in [-0.25, -0.2) is 4.39 Å². The minimum Gasteiger partial charge on any atom is -0.342 e. The molecule has 0 spiro atoms. The number of amides is 1. The van der Waals surface area contributed by atoms with Gasteiger partial charge in [0.05, 0.1) is 0 Å². The first-order valence-electron chi connectivity index (χ1n) is 8.76. The third kappa shape index (κ3) is 3.68. The van der Waals surface area contributed by atoms with E-state index in [1.807, 2.05) is 12.1 Å². The van der Waals surface area contributed by atoms with Crippen molar-refractivity contribution in [1.82, 2.24) is 4.90 Å². The predicted octanol–water partition coefficient (Wildman–Crippen LogP) is 4.19. The standard InChI is InChI=1S/C19H26FNO/c20-18-10-4-3-7-16(18)12-11-15-6-5-13-21(14-15)19(22)17-8-1-2-9-17/h3-4,7,10,15,17H,1-2,5-6,8-9,11-14H2/t15-/m0/s1. The van der Waals surface area contributed by atoms with Gasteiger partial charge in [-0.3, -0.25) is 4.79 Å². The van der Waals surface area contributed by atoms with Gasteiger partial charge in [0.1, 0.15) is 5.82 Å². The molecule has 3 heteroatoms. The Kier molecular flexibility index (Phi) is 5.12. The fraction of sp³-hybridized carbons (Fsp3) is 0.632. The molecule has 1 saturated heterocycles. The molecular weight excluding hydrogens is 277 g/mol. The lowest BCUT2D eigenvalue weighted by Gasteiger charge is -2.34. The van der Waals surface area contributed by atoms with Crippen LogP contribution in [0, 0.1) is 17.7 Å². The van der Waals surface area contributed by atoms with E-state index in [0.717, 1.165) is 50.8 Å². The third-order valence-corrected chi connectivity index (χ3v) is 5.31. The number of benzene rings is 1. The molecule has 2 aliphatic rings. The average molecular weight is 303 g/mol. The number of piperidine rings is 1. The summed E-state index contributed by atoms with van der Waals surface area (Å²) in [6.07, 6.45) is 8.61. The summed E-state index contributed by atoms with van der Waals surface area (Å²) >= 11 is 0. The summed E-state index contributed by atoms with van der Waals surface area (Å²) in [5.74, 6) is 1.09. The second-order valence-corrected chi connectivity index (χ2v) is 6.90. The minimum atomic E-state index is -0.0998. The molecule has 0 bridgehead atoms. The van der Waals surface area contributed by atoms with Crippen LogP contribution in [0.15, 0.2) is 24.3 Å². The minimum absolute atomic E-state index is 0.0998. The monoisotopic (exact) mass is 303 g/mol. The quantitative estimate of drug-likeness (QED) is 0.817. The smallest absolute Gasteiger partial charge is 0.225 e. The average Bonchev–Trinajstić information content (AvgIpc) is 3.08. The maximum Gasteiger partial charge on any atom is 0.225 e. The molecule has 1 aliphatic carbocycles. The summed E-state index contributed by atoms with van der Waals surface area (Å²) in [5, 5.41) is 0. The van der Waals surface area contributed by atoms with Gasteiger partial charge >= 0.3 is 0 Å². The highest BCUT2D eigenvalue weighted by atomic mass is 19.1. The molecule has 1 aromatic rings. The molecule has 0 N–H and O–H groups in total. The molecule has 1 saturated carbocycles. The summed E-state index contributed by atoms with van der Waals surface area (Å²) in [6.45, 7) is 1.80. The topological polar surface area (TPSA) is 20.3 Å². The normalized spacial score (nSPS) is 23.0. The van der Waals surface area contributed by atoms with Crippen molar-refractivity contribution in [3.8, 4) is 0 Å². The Morgan fingerprint density at radius 1 is 1.14 bits per heavy atom. The van der Waals surface area contributed by atoms with Crippen LogP contribution in [0.25, 0.3) is 0 Å². The van der Waals surface area contributed by atoms with E-state index in [1.165, 1.54) is 25.3 Å². The second kappa shape index (κ2) is 7.26. The molecule has 1 aromatic carbocycles. The van der Waals surface area contributed by atoms with Crippen molar-refractivity contribution in [2.24, 2.45) is 11.8 Å². The van der Waals surface area contributed by atoms with Crippen LogP contribution in [0.3, 0.4) is 0 Å². The van der Waals surface area contributed by atoms with Gasteiger partial charge in [-0.05, 0) is 56.1 Å². The highest BCUT2D eigenvalue weighted by molar-refractivity contribution is 5.79. The highest BCUT2D eigenvalue weighted by Gasteiger charge is 2.30. The van der Waals surface area contributed by atoms with Crippen LogP contribution in [-0.4, -0.2) is 23.9 Å². The fourth-order valence-corrected chi connectivity index (χ4v) is 3.99. The van der Waals surface area contributed by atoms with Gasteiger partial charge in [0.25, 0.3) is 0 Å². The molecule has 1 heterocycles. The van der Waals surface area contributed by atoms with Crippen molar-refractivity contribution in [3.63, 3.8) is 0 Å². The van der Waals surface area contributed by atoms with Crippen molar-refractivity contribution < 1.29 is 9.18 Å². The first kappa shape index (κ1) is 15.5. The Morgan fingerprint density at radius 3 is 2.68 bits per heavy atom. The number of hydrogen-bond donors (Lipinski definition) is 0. The zero-order valence-electron chi connectivity index (χ0n) is 13.3. The van der Waals surface area contributed by atoms with E-state index in [0.29, 0.717) is 11.8 Å². The second-order valence-electron chi connectivity index (χ2n) is 6.90. The number of likely N-dealkylation sites (tertiary alicyclic amines) is 1. The van der Waals surface area contributed by atoms with Gasteiger partial charge < -0.3 is 4.90 Å². The van der Waals surface area contributed by atoms with Gasteiger partial charge in [-0.1, -0.05) is 31.0 Å². The van der Waals surface area contributed by atoms with E-state index in [9.17, 15) is 9.18 Å². The molecule has 0 radical (unpaired) electrons. The van der Waals surface area contributed by atoms with E-state index in [4.69, 9.17) is 0 Å². The number of rotatable bonds is 4. The molecule has 0 unspecified atom stereocenters. The Morgan fingerprint density at radius 2 is 1.91 bits per heavy atom. The van der Waals surface area contributed by atoms with Crippen LogP contribution in [0.5, 0.6) is 0 Å². The zero-order chi connectivity index (χ0) is 15.4. The summed E-state index contributed by atoms with van der Waals surface area (Å²) in [7, 11) is 0. The Bertz CT molecular complexity index is 510. The van der Waals surface area contributed by atoms with Crippen LogP contribution < -0.4 is 0 Å². The molecule has 3 rings (SSSR count). The Balaban J connectivity index is 1.52. The van der Waals surface area contributed by atoms with Crippen molar-refractivity contribution >= 4 is 5.91 Å². The lowest BCUT2D eigenvalue weighted by atomic mass is 9.90.